The van der Waals surface area contributed by atoms with Crippen LogP contribution in [0, 0.1) is 0 Å². The minimum absolute atomic E-state index is 0.227. The Morgan fingerprint density at radius 2 is 1.79 bits per heavy atom. The van der Waals surface area contributed by atoms with E-state index in [1.54, 1.807) is 12.3 Å². The number of aromatic amines is 1. The third kappa shape index (κ3) is 5.01. The van der Waals surface area contributed by atoms with Crippen LogP contribution in [-0.2, 0) is 13.1 Å². The first-order valence-corrected chi connectivity index (χ1v) is 10.2. The van der Waals surface area contributed by atoms with Gasteiger partial charge in [-0.2, -0.15) is 5.10 Å². The Hall–Kier alpha value is -3.16. The summed E-state index contributed by atoms with van der Waals surface area (Å²) >= 11 is 7.38. The highest BCUT2D eigenvalue weighted by Crippen LogP contribution is 2.29. The highest BCUT2D eigenvalue weighted by molar-refractivity contribution is 7.15. The molecule has 146 valence electrons. The Bertz CT molecular complexity index is 1140. The molecule has 0 unspecified atom stereocenters. The molecule has 0 saturated carbocycles. The van der Waals surface area contributed by atoms with E-state index >= 15 is 0 Å². The molecule has 0 saturated heterocycles. The molecule has 4 rings (SSSR count). The van der Waals surface area contributed by atoms with Crippen molar-refractivity contribution in [2.45, 2.75) is 13.1 Å². The molecule has 0 aliphatic carbocycles. The minimum atomic E-state index is -0.227. The van der Waals surface area contributed by atoms with Crippen molar-refractivity contribution in [1.82, 2.24) is 15.2 Å². The summed E-state index contributed by atoms with van der Waals surface area (Å²) in [6.45, 7) is 1.31. The minimum Gasteiger partial charge on any atom is -0.379 e. The van der Waals surface area contributed by atoms with Gasteiger partial charge in [-0.1, -0.05) is 48.0 Å². The Morgan fingerprint density at radius 3 is 2.52 bits per heavy atom. The summed E-state index contributed by atoms with van der Waals surface area (Å²) in [7, 11) is 0. The van der Waals surface area contributed by atoms with Crippen LogP contribution in [-0.4, -0.2) is 15.2 Å². The number of hydrogen-bond donors (Lipinski definition) is 3. The first kappa shape index (κ1) is 19.2. The first-order valence-electron chi connectivity index (χ1n) is 8.99. The zero-order chi connectivity index (χ0) is 20.1. The number of aromatic nitrogens is 3. The van der Waals surface area contributed by atoms with Crippen molar-refractivity contribution in [2.24, 2.45) is 0 Å². The lowest BCUT2D eigenvalue weighted by Gasteiger charge is -2.15. The predicted molar refractivity (Wildman–Crippen MR) is 119 cm³/mol. The molecule has 6 nitrogen and oxygen atoms in total. The van der Waals surface area contributed by atoms with Gasteiger partial charge < -0.3 is 10.6 Å². The maximum Gasteiger partial charge on any atom is 0.264 e. The average Bonchev–Trinajstić information content (AvgIpc) is 3.17. The standard InChI is InChI=1S/C21H18ClN5OS/c22-21-25-13-16(29-21)12-24-19-10-15(17-8-9-20(28)27-26-17)6-7-18(19)23-11-14-4-2-1-3-5-14/h1-10,13,23-24H,11-12H2,(H,27,28). The molecule has 0 atom stereocenters. The number of hydrogen-bond acceptors (Lipinski definition) is 6. The van der Waals surface area contributed by atoms with Crippen LogP contribution in [0.15, 0.2) is 71.7 Å². The maximum absolute atomic E-state index is 11.3. The molecule has 0 aliphatic rings. The van der Waals surface area contributed by atoms with Crippen molar-refractivity contribution in [3.8, 4) is 11.3 Å². The number of thiazole rings is 1. The number of H-pyrrole nitrogens is 1. The van der Waals surface area contributed by atoms with Gasteiger partial charge in [0.1, 0.15) is 0 Å². The van der Waals surface area contributed by atoms with E-state index < -0.39 is 0 Å². The zero-order valence-corrected chi connectivity index (χ0v) is 16.9. The van der Waals surface area contributed by atoms with Crippen molar-refractivity contribution in [3.63, 3.8) is 0 Å². The highest BCUT2D eigenvalue weighted by atomic mass is 35.5. The number of benzene rings is 2. The number of nitrogens with zero attached hydrogens (tertiary/aromatic N) is 2. The molecule has 3 N–H and O–H groups in total. The van der Waals surface area contributed by atoms with Crippen molar-refractivity contribution in [3.05, 3.63) is 92.1 Å². The first-order chi connectivity index (χ1) is 14.2. The molecule has 0 aliphatic heterocycles. The largest absolute Gasteiger partial charge is 0.379 e. The Kier molecular flexibility index (Phi) is 5.88. The van der Waals surface area contributed by atoms with Crippen LogP contribution in [0.25, 0.3) is 11.3 Å². The number of nitrogens with one attached hydrogen (secondary N) is 3. The van der Waals surface area contributed by atoms with E-state index in [9.17, 15) is 4.79 Å². The molecule has 4 aromatic rings. The topological polar surface area (TPSA) is 82.7 Å². The van der Waals surface area contributed by atoms with E-state index in [0.717, 1.165) is 21.8 Å². The Balaban J connectivity index is 1.59. The Morgan fingerprint density at radius 1 is 0.966 bits per heavy atom. The predicted octanol–water partition coefficient (Wildman–Crippen LogP) is 4.77. The van der Waals surface area contributed by atoms with Gasteiger partial charge in [0.15, 0.2) is 4.47 Å². The van der Waals surface area contributed by atoms with E-state index in [-0.39, 0.29) is 5.56 Å². The SMILES string of the molecule is O=c1ccc(-c2ccc(NCc3ccccc3)c(NCc3cnc(Cl)s3)c2)n[nH]1. The smallest absolute Gasteiger partial charge is 0.264 e. The van der Waals surface area contributed by atoms with Crippen LogP contribution in [0.1, 0.15) is 10.4 Å². The summed E-state index contributed by atoms with van der Waals surface area (Å²) in [5.74, 6) is 0. The second-order valence-electron chi connectivity index (χ2n) is 6.34. The van der Waals surface area contributed by atoms with E-state index in [1.165, 1.54) is 23.0 Å². The monoisotopic (exact) mass is 423 g/mol. The van der Waals surface area contributed by atoms with Crippen molar-refractivity contribution >= 4 is 34.3 Å². The molecule has 8 heteroatoms. The average molecular weight is 424 g/mol. The molecule has 2 heterocycles. The summed E-state index contributed by atoms with van der Waals surface area (Å²) < 4.78 is 0.524. The van der Waals surface area contributed by atoms with E-state index in [4.69, 9.17) is 11.6 Å². The zero-order valence-electron chi connectivity index (χ0n) is 15.4. The fourth-order valence-corrected chi connectivity index (χ4v) is 3.77. The van der Waals surface area contributed by atoms with Crippen LogP contribution >= 0.6 is 22.9 Å². The quantitative estimate of drug-likeness (QED) is 0.398. The van der Waals surface area contributed by atoms with E-state index in [0.29, 0.717) is 23.3 Å². The van der Waals surface area contributed by atoms with Crippen molar-refractivity contribution < 1.29 is 0 Å². The Labute approximate surface area is 176 Å². The highest BCUT2D eigenvalue weighted by Gasteiger charge is 2.08. The summed E-state index contributed by atoms with van der Waals surface area (Å²) in [4.78, 5) is 16.4. The number of rotatable bonds is 7. The van der Waals surface area contributed by atoms with Gasteiger partial charge >= 0.3 is 0 Å². The van der Waals surface area contributed by atoms with Gasteiger partial charge in [0.25, 0.3) is 5.56 Å². The second kappa shape index (κ2) is 8.89. The summed E-state index contributed by atoms with van der Waals surface area (Å²) in [5, 5.41) is 13.5. The number of anilines is 2. The molecular weight excluding hydrogens is 406 g/mol. The van der Waals surface area contributed by atoms with Crippen LogP contribution in [0.2, 0.25) is 4.47 Å². The summed E-state index contributed by atoms with van der Waals surface area (Å²) in [5.41, 5.74) is 4.46. The number of halogens is 1. The molecule has 2 aromatic carbocycles. The van der Waals surface area contributed by atoms with Gasteiger partial charge in [0.05, 0.1) is 23.6 Å². The molecular formula is C21H18ClN5OS. The molecule has 0 bridgehead atoms. The molecule has 29 heavy (non-hydrogen) atoms. The maximum atomic E-state index is 11.3. The molecule has 0 radical (unpaired) electrons. The van der Waals surface area contributed by atoms with Gasteiger partial charge in [0.2, 0.25) is 0 Å². The lowest BCUT2D eigenvalue weighted by atomic mass is 10.1. The normalized spacial score (nSPS) is 10.7. The third-order valence-electron chi connectivity index (χ3n) is 4.30. The molecule has 0 amide bonds. The third-order valence-corrected chi connectivity index (χ3v) is 5.41. The van der Waals surface area contributed by atoms with Crippen LogP contribution in [0.5, 0.6) is 0 Å². The van der Waals surface area contributed by atoms with Crippen LogP contribution < -0.4 is 16.2 Å². The van der Waals surface area contributed by atoms with Gasteiger partial charge in [0, 0.05) is 29.2 Å². The van der Waals surface area contributed by atoms with Crippen molar-refractivity contribution in [2.75, 3.05) is 10.6 Å². The molecule has 0 spiro atoms. The van der Waals surface area contributed by atoms with Crippen LogP contribution in [0.4, 0.5) is 11.4 Å². The lowest BCUT2D eigenvalue weighted by Crippen LogP contribution is -2.07. The second-order valence-corrected chi connectivity index (χ2v) is 8.04. The fraction of sp³-hybridized carbons (Fsp3) is 0.0952. The van der Waals surface area contributed by atoms with E-state index in [1.807, 2.05) is 36.4 Å². The van der Waals surface area contributed by atoms with Gasteiger partial charge in [-0.25, -0.2) is 10.1 Å². The van der Waals surface area contributed by atoms with Crippen molar-refractivity contribution in [1.29, 1.82) is 0 Å². The van der Waals surface area contributed by atoms with E-state index in [2.05, 4.69) is 37.9 Å². The van der Waals surface area contributed by atoms with Gasteiger partial charge in [-0.15, -0.1) is 11.3 Å². The van der Waals surface area contributed by atoms with Crippen LogP contribution in [0.3, 0.4) is 0 Å². The fourth-order valence-electron chi connectivity index (χ4n) is 2.85. The molecule has 0 fully saturated rings. The lowest BCUT2D eigenvalue weighted by molar-refractivity contribution is 0.995. The van der Waals surface area contributed by atoms with Gasteiger partial charge in [-0.3, -0.25) is 4.79 Å². The van der Waals surface area contributed by atoms with Gasteiger partial charge in [-0.05, 0) is 23.8 Å². The summed E-state index contributed by atoms with van der Waals surface area (Å²) in [6.07, 6.45) is 1.77. The molecule has 2 aromatic heterocycles. The summed E-state index contributed by atoms with van der Waals surface area (Å²) in [6, 6.07) is 19.4.